The molecule has 1 aliphatic heterocycles. The van der Waals surface area contributed by atoms with Gasteiger partial charge in [-0.1, -0.05) is 0 Å². The predicted octanol–water partition coefficient (Wildman–Crippen LogP) is 0.800. The first-order valence-corrected chi connectivity index (χ1v) is 6.51. The van der Waals surface area contributed by atoms with Crippen LogP contribution in [0.15, 0.2) is 12.4 Å². The molecule has 1 aromatic heterocycles. The summed E-state index contributed by atoms with van der Waals surface area (Å²) >= 11 is 0. The Labute approximate surface area is 114 Å². The van der Waals surface area contributed by atoms with Crippen LogP contribution in [0.5, 0.6) is 0 Å². The van der Waals surface area contributed by atoms with Crippen LogP contribution < -0.4 is 10.2 Å². The molecule has 2 heterocycles. The van der Waals surface area contributed by atoms with E-state index < -0.39 is 0 Å². The molecule has 0 aliphatic carbocycles. The molecule has 0 aromatic carbocycles. The summed E-state index contributed by atoms with van der Waals surface area (Å²) in [7, 11) is 4.21. The number of aromatic nitrogens is 2. The Morgan fingerprint density at radius 3 is 3.11 bits per heavy atom. The Morgan fingerprint density at radius 1 is 1.58 bits per heavy atom. The van der Waals surface area contributed by atoms with Gasteiger partial charge in [0, 0.05) is 26.2 Å². The SMILES string of the molecule is CN1CCC(CN(C)c2cc(NCC#N)ncn2)C1. The highest BCUT2D eigenvalue weighted by atomic mass is 15.2. The number of likely N-dealkylation sites (tertiary alicyclic amines) is 1. The lowest BCUT2D eigenvalue weighted by molar-refractivity contribution is 0.395. The van der Waals surface area contributed by atoms with Crippen molar-refractivity contribution in [3.8, 4) is 6.07 Å². The fourth-order valence-electron chi connectivity index (χ4n) is 2.44. The van der Waals surface area contributed by atoms with E-state index in [1.54, 1.807) is 0 Å². The van der Waals surface area contributed by atoms with E-state index in [9.17, 15) is 0 Å². The second-order valence-electron chi connectivity index (χ2n) is 5.07. The molecule has 19 heavy (non-hydrogen) atoms. The minimum Gasteiger partial charge on any atom is -0.359 e. The molecule has 0 amide bonds. The van der Waals surface area contributed by atoms with Crippen molar-refractivity contribution in [3.05, 3.63) is 12.4 Å². The largest absolute Gasteiger partial charge is 0.359 e. The molecule has 1 N–H and O–H groups in total. The number of nitriles is 1. The molecule has 0 saturated carbocycles. The van der Waals surface area contributed by atoms with Crippen molar-refractivity contribution in [2.24, 2.45) is 5.92 Å². The van der Waals surface area contributed by atoms with Crippen LogP contribution in [-0.4, -0.2) is 55.1 Å². The zero-order valence-corrected chi connectivity index (χ0v) is 11.5. The van der Waals surface area contributed by atoms with Gasteiger partial charge >= 0.3 is 0 Å². The molecule has 1 saturated heterocycles. The van der Waals surface area contributed by atoms with Crippen LogP contribution >= 0.6 is 0 Å². The van der Waals surface area contributed by atoms with E-state index in [1.165, 1.54) is 19.3 Å². The minimum absolute atomic E-state index is 0.258. The van der Waals surface area contributed by atoms with Crippen molar-refractivity contribution in [1.82, 2.24) is 14.9 Å². The molecule has 1 aliphatic rings. The lowest BCUT2D eigenvalue weighted by Crippen LogP contribution is -2.28. The number of hydrogen-bond donors (Lipinski definition) is 1. The molecule has 2 rings (SSSR count). The molecular formula is C13H20N6. The third-order valence-corrected chi connectivity index (χ3v) is 3.41. The fraction of sp³-hybridized carbons (Fsp3) is 0.615. The summed E-state index contributed by atoms with van der Waals surface area (Å²) in [5.74, 6) is 2.28. The van der Waals surface area contributed by atoms with Crippen LogP contribution in [0.25, 0.3) is 0 Å². The molecule has 1 atom stereocenters. The molecule has 1 aromatic rings. The average molecular weight is 260 g/mol. The molecule has 0 spiro atoms. The normalized spacial score (nSPS) is 19.1. The highest BCUT2D eigenvalue weighted by Crippen LogP contribution is 2.19. The molecular weight excluding hydrogens is 240 g/mol. The number of rotatable bonds is 5. The molecule has 6 heteroatoms. The highest BCUT2D eigenvalue weighted by molar-refractivity contribution is 5.48. The van der Waals surface area contributed by atoms with E-state index in [0.29, 0.717) is 11.7 Å². The van der Waals surface area contributed by atoms with Gasteiger partial charge < -0.3 is 15.1 Å². The Balaban J connectivity index is 1.94. The highest BCUT2D eigenvalue weighted by Gasteiger charge is 2.21. The second-order valence-corrected chi connectivity index (χ2v) is 5.07. The van der Waals surface area contributed by atoms with Crippen molar-refractivity contribution in [2.75, 3.05) is 50.5 Å². The average Bonchev–Trinajstić information content (AvgIpc) is 2.82. The number of hydrogen-bond acceptors (Lipinski definition) is 6. The lowest BCUT2D eigenvalue weighted by Gasteiger charge is -2.22. The quantitative estimate of drug-likeness (QED) is 0.790. The Kier molecular flexibility index (Phi) is 4.53. The van der Waals surface area contributed by atoms with Crippen LogP contribution in [-0.2, 0) is 0 Å². The van der Waals surface area contributed by atoms with Crippen LogP contribution in [0.2, 0.25) is 0 Å². The Bertz CT molecular complexity index is 455. The van der Waals surface area contributed by atoms with E-state index in [2.05, 4.69) is 39.2 Å². The van der Waals surface area contributed by atoms with Gasteiger partial charge in [-0.2, -0.15) is 5.26 Å². The van der Waals surface area contributed by atoms with E-state index >= 15 is 0 Å². The third-order valence-electron chi connectivity index (χ3n) is 3.41. The first-order valence-electron chi connectivity index (χ1n) is 6.51. The summed E-state index contributed by atoms with van der Waals surface area (Å²) in [6.07, 6.45) is 2.78. The number of anilines is 2. The molecule has 0 radical (unpaired) electrons. The van der Waals surface area contributed by atoms with Gasteiger partial charge in [0.05, 0.1) is 6.07 Å². The number of nitrogens with one attached hydrogen (secondary N) is 1. The van der Waals surface area contributed by atoms with E-state index in [1.807, 2.05) is 12.1 Å². The lowest BCUT2D eigenvalue weighted by atomic mass is 10.1. The minimum atomic E-state index is 0.258. The predicted molar refractivity (Wildman–Crippen MR) is 75.0 cm³/mol. The summed E-state index contributed by atoms with van der Waals surface area (Å²) < 4.78 is 0. The van der Waals surface area contributed by atoms with Crippen molar-refractivity contribution in [1.29, 1.82) is 5.26 Å². The van der Waals surface area contributed by atoms with Gasteiger partial charge in [-0.25, -0.2) is 9.97 Å². The Hall–Kier alpha value is -1.87. The summed E-state index contributed by atoms with van der Waals surface area (Å²) in [4.78, 5) is 12.9. The van der Waals surface area contributed by atoms with Gasteiger partial charge in [0.1, 0.15) is 24.5 Å². The van der Waals surface area contributed by atoms with Crippen molar-refractivity contribution < 1.29 is 0 Å². The molecule has 1 unspecified atom stereocenters. The van der Waals surface area contributed by atoms with Gasteiger partial charge in [0.15, 0.2) is 0 Å². The zero-order chi connectivity index (χ0) is 13.7. The smallest absolute Gasteiger partial charge is 0.133 e. The van der Waals surface area contributed by atoms with E-state index in [0.717, 1.165) is 18.9 Å². The monoisotopic (exact) mass is 260 g/mol. The standard InChI is InChI=1S/C13H20N6/c1-18-6-3-11(8-18)9-19(2)13-7-12(15-5-4-14)16-10-17-13/h7,10-11H,3,5-6,8-9H2,1-2H3,(H,15,16,17). The number of nitrogens with zero attached hydrogens (tertiary/aromatic N) is 5. The molecule has 102 valence electrons. The first-order chi connectivity index (χ1) is 9.19. The summed E-state index contributed by atoms with van der Waals surface area (Å²) in [5, 5.41) is 11.5. The van der Waals surface area contributed by atoms with Gasteiger partial charge in [0.2, 0.25) is 0 Å². The molecule has 6 nitrogen and oxygen atoms in total. The van der Waals surface area contributed by atoms with Gasteiger partial charge in [-0.15, -0.1) is 0 Å². The fourth-order valence-corrected chi connectivity index (χ4v) is 2.44. The van der Waals surface area contributed by atoms with Crippen LogP contribution in [0.3, 0.4) is 0 Å². The van der Waals surface area contributed by atoms with Crippen molar-refractivity contribution in [2.45, 2.75) is 6.42 Å². The Morgan fingerprint density at radius 2 is 2.42 bits per heavy atom. The van der Waals surface area contributed by atoms with Gasteiger partial charge in [-0.3, -0.25) is 0 Å². The van der Waals surface area contributed by atoms with E-state index in [-0.39, 0.29) is 6.54 Å². The van der Waals surface area contributed by atoms with Crippen LogP contribution in [0.1, 0.15) is 6.42 Å². The first kappa shape index (κ1) is 13.6. The van der Waals surface area contributed by atoms with Crippen molar-refractivity contribution in [3.63, 3.8) is 0 Å². The van der Waals surface area contributed by atoms with Crippen LogP contribution in [0.4, 0.5) is 11.6 Å². The third kappa shape index (κ3) is 3.80. The molecule has 0 bridgehead atoms. The van der Waals surface area contributed by atoms with Crippen LogP contribution in [0, 0.1) is 17.2 Å². The topological polar surface area (TPSA) is 68.1 Å². The molecule has 1 fully saturated rings. The maximum atomic E-state index is 8.55. The summed E-state index contributed by atoms with van der Waals surface area (Å²) in [6, 6.07) is 3.92. The summed E-state index contributed by atoms with van der Waals surface area (Å²) in [6.45, 7) is 3.58. The maximum Gasteiger partial charge on any atom is 0.133 e. The van der Waals surface area contributed by atoms with Gasteiger partial charge in [-0.05, 0) is 25.9 Å². The van der Waals surface area contributed by atoms with Gasteiger partial charge in [0.25, 0.3) is 0 Å². The maximum absolute atomic E-state index is 8.55. The van der Waals surface area contributed by atoms with E-state index in [4.69, 9.17) is 5.26 Å². The van der Waals surface area contributed by atoms with Crippen molar-refractivity contribution >= 4 is 11.6 Å². The second kappa shape index (κ2) is 6.34. The summed E-state index contributed by atoms with van der Waals surface area (Å²) in [5.41, 5.74) is 0. The zero-order valence-electron chi connectivity index (χ0n) is 11.5.